The number of hydrogen-bond acceptors (Lipinski definition) is 8. The van der Waals surface area contributed by atoms with Crippen LogP contribution in [-0.4, -0.2) is 24.4 Å². The van der Waals surface area contributed by atoms with E-state index in [1.165, 1.54) is 6.92 Å². The van der Waals surface area contributed by atoms with E-state index in [9.17, 15) is 0 Å². The number of aromatic amines is 1. The molecule has 2 unspecified atom stereocenters. The first-order valence-electron chi connectivity index (χ1n) is 6.55. The van der Waals surface area contributed by atoms with E-state index in [0.29, 0.717) is 14.3 Å². The molecule has 0 aliphatic heterocycles. The summed E-state index contributed by atoms with van der Waals surface area (Å²) in [4.78, 5) is 0. The molecule has 1 aromatic carbocycles. The standard InChI is InChI=1S/C10H22N9OP3/c1-8(11,12)9(13,14)10(15,16)19-22-17-21-18-23(19)20-7-5-3-2-4-6-7/h2-6,22H,11-16H2,1H3,(H,17,18). The van der Waals surface area contributed by atoms with Crippen molar-refractivity contribution in [3.63, 3.8) is 0 Å². The number of nitrogens with one attached hydrogen (secondary N) is 1. The van der Waals surface area contributed by atoms with E-state index in [2.05, 4.69) is 9.02 Å². The van der Waals surface area contributed by atoms with Crippen LogP contribution in [0.15, 0.2) is 30.3 Å². The molecule has 2 aromatic rings. The van der Waals surface area contributed by atoms with E-state index in [-0.39, 0.29) is 8.51 Å². The van der Waals surface area contributed by atoms with Gasteiger partial charge in [0, 0.05) is 8.51 Å². The van der Waals surface area contributed by atoms with Crippen LogP contribution in [0.2, 0.25) is 0 Å². The van der Waals surface area contributed by atoms with Crippen LogP contribution >= 0.6 is 25.1 Å². The maximum Gasteiger partial charge on any atom is 0.268 e. The lowest BCUT2D eigenvalue weighted by Crippen LogP contribution is -2.88. The van der Waals surface area contributed by atoms with Crippen molar-refractivity contribution in [1.82, 2.24) is 13.1 Å². The molecule has 0 aliphatic carbocycles. The van der Waals surface area contributed by atoms with E-state index >= 15 is 0 Å². The number of nitrogens with two attached hydrogens (primary N) is 6. The Morgan fingerprint density at radius 3 is 2.35 bits per heavy atom. The molecule has 0 aliphatic rings. The smallest absolute Gasteiger partial charge is 0.268 e. The summed E-state index contributed by atoms with van der Waals surface area (Å²) in [5.74, 6) is -1.12. The average molecular weight is 377 g/mol. The zero-order chi connectivity index (χ0) is 17.3. The minimum Gasteiger partial charge on any atom is -0.416 e. The summed E-state index contributed by atoms with van der Waals surface area (Å²) in [7, 11) is -0.889. The summed E-state index contributed by atoms with van der Waals surface area (Å²) in [5, 5.41) is 0. The van der Waals surface area contributed by atoms with Gasteiger partial charge in [-0.15, -0.1) is 4.51 Å². The summed E-state index contributed by atoms with van der Waals surface area (Å²) < 4.78 is 14.8. The third kappa shape index (κ3) is 3.61. The van der Waals surface area contributed by atoms with E-state index in [4.69, 9.17) is 38.9 Å². The Morgan fingerprint density at radius 2 is 1.78 bits per heavy atom. The lowest BCUT2D eigenvalue weighted by Gasteiger charge is -2.48. The van der Waals surface area contributed by atoms with Crippen molar-refractivity contribution in [2.24, 2.45) is 34.4 Å². The molecule has 13 heteroatoms. The van der Waals surface area contributed by atoms with Crippen LogP contribution in [-0.2, 0) is 5.79 Å². The van der Waals surface area contributed by atoms with Gasteiger partial charge in [-0.1, -0.05) is 18.2 Å². The lowest BCUT2D eigenvalue weighted by molar-refractivity contribution is 0.0883. The summed E-state index contributed by atoms with van der Waals surface area (Å²) in [6.07, 6.45) is 0. The van der Waals surface area contributed by atoms with Gasteiger partial charge in [0.2, 0.25) is 0 Å². The molecule has 13 N–H and O–H groups in total. The minimum atomic E-state index is -1.81. The number of rotatable bonds is 5. The maximum atomic E-state index is 6.23. The van der Waals surface area contributed by atoms with Gasteiger partial charge in [-0.05, 0) is 19.1 Å². The fourth-order valence-electron chi connectivity index (χ4n) is 1.69. The van der Waals surface area contributed by atoms with Gasteiger partial charge in [0.15, 0.2) is 5.79 Å². The van der Waals surface area contributed by atoms with Crippen LogP contribution in [0.3, 0.4) is 0 Å². The van der Waals surface area contributed by atoms with Crippen molar-refractivity contribution < 1.29 is 4.52 Å². The summed E-state index contributed by atoms with van der Waals surface area (Å²) >= 11 is 0. The Labute approximate surface area is 137 Å². The minimum absolute atomic E-state index is 0.0112. The first kappa shape index (κ1) is 18.4. The predicted octanol–water partition coefficient (Wildman–Crippen LogP) is -0.449. The van der Waals surface area contributed by atoms with Crippen LogP contribution in [0.4, 0.5) is 0 Å². The molecule has 0 amide bonds. The Morgan fingerprint density at radius 1 is 1.17 bits per heavy atom. The van der Waals surface area contributed by atoms with Crippen LogP contribution in [0.1, 0.15) is 6.92 Å². The zero-order valence-corrected chi connectivity index (χ0v) is 15.3. The largest absolute Gasteiger partial charge is 0.416 e. The molecule has 1 aromatic heterocycles. The van der Waals surface area contributed by atoms with Gasteiger partial charge in [-0.2, -0.15) is 0 Å². The third-order valence-corrected chi connectivity index (χ3v) is 7.55. The Kier molecular flexibility index (Phi) is 5.23. The molecule has 128 valence electrons. The molecule has 2 atom stereocenters. The topological polar surface area (TPSA) is 199 Å². The lowest BCUT2D eigenvalue weighted by atomic mass is 9.91. The zero-order valence-electron chi connectivity index (χ0n) is 12.5. The molecule has 10 nitrogen and oxygen atoms in total. The van der Waals surface area contributed by atoms with Gasteiger partial charge in [-0.25, -0.2) is 4.09 Å². The molecular formula is C10H22N9OP3. The summed E-state index contributed by atoms with van der Waals surface area (Å²) in [6.45, 7) is 1.46. The van der Waals surface area contributed by atoms with Crippen LogP contribution < -0.4 is 38.9 Å². The van der Waals surface area contributed by atoms with Gasteiger partial charge in [0.25, 0.3) is 8.08 Å². The van der Waals surface area contributed by atoms with E-state index in [1.54, 1.807) is 16.2 Å². The van der Waals surface area contributed by atoms with Gasteiger partial charge in [0.05, 0.1) is 5.66 Å². The Hall–Kier alpha value is -0.920. The van der Waals surface area contributed by atoms with Crippen LogP contribution in [0.5, 0.6) is 5.75 Å². The van der Waals surface area contributed by atoms with Gasteiger partial charge in [-0.3, -0.25) is 11.5 Å². The monoisotopic (exact) mass is 377 g/mol. The molecule has 0 saturated carbocycles. The van der Waals surface area contributed by atoms with Crippen molar-refractivity contribution in [1.29, 1.82) is 0 Å². The number of aromatic nitrogens is 3. The molecule has 1 heterocycles. The molecule has 0 fully saturated rings. The van der Waals surface area contributed by atoms with Crippen molar-refractivity contribution in [2.75, 3.05) is 0 Å². The van der Waals surface area contributed by atoms with Crippen molar-refractivity contribution in [3.8, 4) is 5.75 Å². The third-order valence-electron chi connectivity index (χ3n) is 3.33. The number of hydrogen-bond donors (Lipinski definition) is 7. The number of H-pyrrole nitrogens is 1. The molecule has 0 spiro atoms. The second kappa shape index (κ2) is 6.53. The Bertz CT molecular complexity index is 677. The van der Waals surface area contributed by atoms with Crippen molar-refractivity contribution >= 4 is 25.1 Å². The summed E-state index contributed by atoms with van der Waals surface area (Å²) in [5.41, 5.74) is 33.0. The molecule has 2 rings (SSSR count). The summed E-state index contributed by atoms with van der Waals surface area (Å²) in [6, 6.07) is 9.19. The highest BCUT2D eigenvalue weighted by atomic mass is 31.2. The highest BCUT2D eigenvalue weighted by Crippen LogP contribution is 2.36. The Balaban J connectivity index is 2.48. The fourth-order valence-corrected chi connectivity index (χ4v) is 6.04. The molecule has 0 saturated heterocycles. The predicted molar refractivity (Wildman–Crippen MR) is 95.6 cm³/mol. The molecule has 0 bridgehead atoms. The van der Waals surface area contributed by atoms with E-state index < -0.39 is 25.2 Å². The van der Waals surface area contributed by atoms with Crippen molar-refractivity contribution in [2.45, 2.75) is 24.0 Å². The maximum absolute atomic E-state index is 6.23. The van der Waals surface area contributed by atoms with Gasteiger partial charge in [0.1, 0.15) is 19.9 Å². The van der Waals surface area contributed by atoms with E-state index in [1.807, 2.05) is 18.2 Å². The number of nitrogens with zero attached hydrogens (tertiary/aromatic N) is 2. The first-order valence-corrected chi connectivity index (χ1v) is 9.51. The van der Waals surface area contributed by atoms with Gasteiger partial charge >= 0.3 is 0 Å². The van der Waals surface area contributed by atoms with Crippen molar-refractivity contribution in [3.05, 3.63) is 30.3 Å². The number of benzene rings is 1. The van der Waals surface area contributed by atoms with Gasteiger partial charge < -0.3 is 32.0 Å². The average Bonchev–Trinajstić information content (AvgIpc) is 2.47. The van der Waals surface area contributed by atoms with Crippen LogP contribution in [0.25, 0.3) is 0 Å². The highest BCUT2D eigenvalue weighted by molar-refractivity contribution is 7.51. The second-order valence-electron chi connectivity index (χ2n) is 5.36. The number of para-hydroxylation sites is 1. The fraction of sp³-hybridized carbons (Fsp3) is 0.400. The normalized spacial score (nSPS) is 14.5. The second-order valence-corrected chi connectivity index (χ2v) is 9.30. The van der Waals surface area contributed by atoms with E-state index in [0.717, 1.165) is 0 Å². The van der Waals surface area contributed by atoms with Crippen LogP contribution in [0, 0.1) is 0 Å². The molecular weight excluding hydrogens is 355 g/mol. The SMILES string of the molecule is CC(N)(N)C(N)(N)C(N)(N)n1[pH][nH]pnp1Oc1ccccc1. The first-order chi connectivity index (χ1) is 10.6. The quantitative estimate of drug-likeness (QED) is 0.340. The molecule has 0 radical (unpaired) electrons. The molecule has 23 heavy (non-hydrogen) atoms. The highest BCUT2D eigenvalue weighted by Gasteiger charge is 2.52.